The Labute approximate surface area is 175 Å². The molecule has 0 aliphatic heterocycles. The van der Waals surface area contributed by atoms with Gasteiger partial charge in [0.1, 0.15) is 11.8 Å². The van der Waals surface area contributed by atoms with Crippen LogP contribution in [0.25, 0.3) is 22.5 Å². The van der Waals surface area contributed by atoms with E-state index in [4.69, 9.17) is 4.42 Å². The standard InChI is InChI=1S/C23H24N4O3/c1-27(2)12-11-25-23(28)21-14-19(15-7-9-24-10-8-15)22(30-21)17-3-5-18-16(13-17)4-6-20(18)26-29/h3,5,7-10,13-14,20H,4,6,11-12H2,1-2H3,(H,25,28). The Morgan fingerprint density at radius 3 is 2.73 bits per heavy atom. The van der Waals surface area contributed by atoms with E-state index in [1.807, 2.05) is 49.3 Å². The highest BCUT2D eigenvalue weighted by Gasteiger charge is 2.25. The summed E-state index contributed by atoms with van der Waals surface area (Å²) in [7, 11) is 3.91. The van der Waals surface area contributed by atoms with E-state index in [1.165, 1.54) is 0 Å². The maximum Gasteiger partial charge on any atom is 0.287 e. The molecule has 0 radical (unpaired) electrons. The number of carbonyl (C=O) groups excluding carboxylic acids is 1. The number of hydrogen-bond acceptors (Lipinski definition) is 6. The molecule has 0 fully saturated rings. The van der Waals surface area contributed by atoms with Crippen LogP contribution in [0.5, 0.6) is 0 Å². The number of aromatic nitrogens is 1. The molecule has 0 spiro atoms. The molecule has 154 valence electrons. The molecule has 1 amide bonds. The van der Waals surface area contributed by atoms with Gasteiger partial charge in [-0.3, -0.25) is 9.78 Å². The molecule has 1 aromatic carbocycles. The number of nitrogens with one attached hydrogen (secondary N) is 1. The van der Waals surface area contributed by atoms with Gasteiger partial charge in [-0.25, -0.2) is 0 Å². The fourth-order valence-electron chi connectivity index (χ4n) is 3.79. The number of rotatable bonds is 7. The Morgan fingerprint density at radius 2 is 2.00 bits per heavy atom. The van der Waals surface area contributed by atoms with Crippen LogP contribution in [0.2, 0.25) is 0 Å². The molecule has 30 heavy (non-hydrogen) atoms. The summed E-state index contributed by atoms with van der Waals surface area (Å²) in [6.07, 6.45) is 4.97. The molecular formula is C23H24N4O3. The number of furan rings is 1. The first-order chi connectivity index (χ1) is 14.6. The SMILES string of the molecule is CN(C)CCNC(=O)c1cc(-c2ccncc2)c(-c2ccc3c(c2)CCC3N=O)o1. The van der Waals surface area contributed by atoms with E-state index < -0.39 is 0 Å². The van der Waals surface area contributed by atoms with Gasteiger partial charge < -0.3 is 14.6 Å². The fraction of sp³-hybridized carbons (Fsp3) is 0.304. The number of nitroso groups, excluding NO2 is 1. The van der Waals surface area contributed by atoms with Crippen LogP contribution in [0.4, 0.5) is 0 Å². The van der Waals surface area contributed by atoms with E-state index in [9.17, 15) is 9.70 Å². The van der Waals surface area contributed by atoms with Crippen LogP contribution < -0.4 is 5.32 Å². The molecule has 1 atom stereocenters. The smallest absolute Gasteiger partial charge is 0.287 e. The van der Waals surface area contributed by atoms with Gasteiger partial charge in [-0.15, -0.1) is 0 Å². The minimum atomic E-state index is -0.275. The molecule has 7 nitrogen and oxygen atoms in total. The Kier molecular flexibility index (Phi) is 5.72. The highest BCUT2D eigenvalue weighted by molar-refractivity contribution is 5.95. The highest BCUT2D eigenvalue weighted by Crippen LogP contribution is 2.40. The second-order valence-corrected chi connectivity index (χ2v) is 7.72. The van der Waals surface area contributed by atoms with Gasteiger partial charge in [0.15, 0.2) is 5.76 Å². The van der Waals surface area contributed by atoms with Gasteiger partial charge >= 0.3 is 0 Å². The molecule has 0 bridgehead atoms. The summed E-state index contributed by atoms with van der Waals surface area (Å²) in [4.78, 5) is 29.8. The van der Waals surface area contributed by atoms with Crippen LogP contribution in [0.1, 0.15) is 34.1 Å². The zero-order valence-corrected chi connectivity index (χ0v) is 17.1. The van der Waals surface area contributed by atoms with Crippen molar-refractivity contribution in [3.05, 3.63) is 70.6 Å². The van der Waals surface area contributed by atoms with Gasteiger partial charge in [0.25, 0.3) is 5.91 Å². The summed E-state index contributed by atoms with van der Waals surface area (Å²) in [6, 6.07) is 11.2. The summed E-state index contributed by atoms with van der Waals surface area (Å²) in [5.74, 6) is 0.651. The Hall–Kier alpha value is -3.32. The number of likely N-dealkylation sites (N-methyl/N-ethyl adjacent to an activating group) is 1. The van der Waals surface area contributed by atoms with Gasteiger partial charge in [-0.05, 0) is 67.9 Å². The topological polar surface area (TPSA) is 87.8 Å². The van der Waals surface area contributed by atoms with E-state index in [0.29, 0.717) is 12.3 Å². The third kappa shape index (κ3) is 4.02. The van der Waals surface area contributed by atoms with Crippen molar-refractivity contribution < 1.29 is 9.21 Å². The molecule has 7 heteroatoms. The molecule has 0 saturated heterocycles. The average molecular weight is 404 g/mol. The lowest BCUT2D eigenvalue weighted by molar-refractivity contribution is 0.0924. The Morgan fingerprint density at radius 1 is 1.20 bits per heavy atom. The number of hydrogen-bond donors (Lipinski definition) is 1. The molecule has 1 N–H and O–H groups in total. The summed E-state index contributed by atoms with van der Waals surface area (Å²) in [6.45, 7) is 1.28. The number of pyridine rings is 1. The van der Waals surface area contributed by atoms with E-state index in [2.05, 4.69) is 15.5 Å². The molecule has 1 unspecified atom stereocenters. The van der Waals surface area contributed by atoms with Crippen LogP contribution in [-0.2, 0) is 6.42 Å². The Balaban J connectivity index is 1.71. The fourth-order valence-corrected chi connectivity index (χ4v) is 3.79. The van der Waals surface area contributed by atoms with Crippen molar-refractivity contribution in [1.82, 2.24) is 15.2 Å². The van der Waals surface area contributed by atoms with E-state index in [1.54, 1.807) is 18.5 Å². The van der Waals surface area contributed by atoms with E-state index in [0.717, 1.165) is 47.2 Å². The molecule has 1 aliphatic carbocycles. The monoisotopic (exact) mass is 404 g/mol. The summed E-state index contributed by atoms with van der Waals surface area (Å²) in [5, 5.41) is 6.12. The first-order valence-electron chi connectivity index (χ1n) is 9.99. The molecule has 2 aromatic heterocycles. The maximum absolute atomic E-state index is 12.6. The first-order valence-corrected chi connectivity index (χ1v) is 9.99. The van der Waals surface area contributed by atoms with Crippen molar-refractivity contribution in [3.63, 3.8) is 0 Å². The highest BCUT2D eigenvalue weighted by atomic mass is 16.4. The van der Waals surface area contributed by atoms with Crippen LogP contribution >= 0.6 is 0 Å². The second kappa shape index (κ2) is 8.59. The molecule has 1 aliphatic rings. The van der Waals surface area contributed by atoms with E-state index in [-0.39, 0.29) is 17.7 Å². The lowest BCUT2D eigenvalue weighted by atomic mass is 9.99. The van der Waals surface area contributed by atoms with Crippen LogP contribution in [0, 0.1) is 4.91 Å². The van der Waals surface area contributed by atoms with Gasteiger partial charge in [-0.1, -0.05) is 17.3 Å². The van der Waals surface area contributed by atoms with Crippen LogP contribution in [0.3, 0.4) is 0 Å². The third-order valence-electron chi connectivity index (χ3n) is 5.37. The van der Waals surface area contributed by atoms with Gasteiger partial charge in [0, 0.05) is 36.6 Å². The summed E-state index contributed by atoms with van der Waals surface area (Å²) >= 11 is 0. The Bertz CT molecular complexity index is 1060. The lowest BCUT2D eigenvalue weighted by Crippen LogP contribution is -2.31. The van der Waals surface area contributed by atoms with Crippen molar-refractivity contribution in [2.75, 3.05) is 27.2 Å². The lowest BCUT2D eigenvalue weighted by Gasteiger charge is -2.09. The third-order valence-corrected chi connectivity index (χ3v) is 5.37. The van der Waals surface area contributed by atoms with Crippen molar-refractivity contribution in [1.29, 1.82) is 0 Å². The molecule has 4 rings (SSSR count). The van der Waals surface area contributed by atoms with Crippen molar-refractivity contribution >= 4 is 5.91 Å². The van der Waals surface area contributed by atoms with Crippen LogP contribution in [0.15, 0.2) is 58.4 Å². The number of amides is 1. The number of fused-ring (bicyclic) bond motifs is 1. The predicted molar refractivity (Wildman–Crippen MR) is 115 cm³/mol. The molecule has 2 heterocycles. The zero-order chi connectivity index (χ0) is 21.1. The largest absolute Gasteiger partial charge is 0.450 e. The normalized spacial score (nSPS) is 15.2. The quantitative estimate of drug-likeness (QED) is 0.600. The number of nitrogens with zero attached hydrogens (tertiary/aromatic N) is 3. The number of aryl methyl sites for hydroxylation is 1. The van der Waals surface area contributed by atoms with Gasteiger partial charge in [-0.2, -0.15) is 4.91 Å². The van der Waals surface area contributed by atoms with Crippen molar-refractivity contribution in [2.45, 2.75) is 18.9 Å². The van der Waals surface area contributed by atoms with Gasteiger partial charge in [0.05, 0.1) is 0 Å². The zero-order valence-electron chi connectivity index (χ0n) is 17.1. The first kappa shape index (κ1) is 20.0. The predicted octanol–water partition coefficient (Wildman–Crippen LogP) is 4.05. The molecular weight excluding hydrogens is 380 g/mol. The van der Waals surface area contributed by atoms with Crippen molar-refractivity contribution in [3.8, 4) is 22.5 Å². The number of benzene rings is 1. The number of carbonyl (C=O) groups is 1. The van der Waals surface area contributed by atoms with Crippen LogP contribution in [-0.4, -0.2) is 43.0 Å². The van der Waals surface area contributed by atoms with Crippen molar-refractivity contribution in [2.24, 2.45) is 5.18 Å². The minimum Gasteiger partial charge on any atom is -0.450 e. The average Bonchev–Trinajstić information content (AvgIpc) is 3.38. The maximum atomic E-state index is 12.6. The molecule has 3 aromatic rings. The summed E-state index contributed by atoms with van der Waals surface area (Å²) < 4.78 is 6.06. The second-order valence-electron chi connectivity index (χ2n) is 7.72. The van der Waals surface area contributed by atoms with Gasteiger partial charge in [0.2, 0.25) is 0 Å². The van der Waals surface area contributed by atoms with E-state index >= 15 is 0 Å². The minimum absolute atomic E-state index is 0.246. The summed E-state index contributed by atoms with van der Waals surface area (Å²) in [5.41, 5.74) is 4.71. The molecule has 0 saturated carbocycles.